The minimum absolute atomic E-state index is 0.0240. The predicted octanol–water partition coefficient (Wildman–Crippen LogP) is -0.117. The Balaban J connectivity index is 1.86. The fourth-order valence-corrected chi connectivity index (χ4v) is 1.19. The first kappa shape index (κ1) is 5.65. The summed E-state index contributed by atoms with van der Waals surface area (Å²) in [7, 11) is 0. The summed E-state index contributed by atoms with van der Waals surface area (Å²) in [6.07, 6.45) is 2.41. The first-order valence-electron chi connectivity index (χ1n) is 3.32. The van der Waals surface area contributed by atoms with E-state index in [1.165, 1.54) is 0 Å². The smallest absolute Gasteiger partial charge is 0.184 e. The maximum atomic E-state index is 8.65. The molecule has 0 spiro atoms. The predicted molar refractivity (Wildman–Crippen MR) is 29.9 cm³/mol. The highest BCUT2D eigenvalue weighted by atomic mass is 16.8. The number of ether oxygens (including phenoxy) is 2. The summed E-state index contributed by atoms with van der Waals surface area (Å²) < 4.78 is 10.3. The van der Waals surface area contributed by atoms with Crippen LogP contribution < -0.4 is 0 Å². The molecule has 52 valence electrons. The van der Waals surface area contributed by atoms with Crippen LogP contribution in [0.4, 0.5) is 0 Å². The van der Waals surface area contributed by atoms with Crippen LogP contribution in [0.25, 0.3) is 0 Å². The average molecular weight is 130 g/mol. The van der Waals surface area contributed by atoms with Gasteiger partial charge in [0.15, 0.2) is 6.29 Å². The molecule has 0 aliphatic carbocycles. The van der Waals surface area contributed by atoms with Crippen molar-refractivity contribution in [2.75, 3.05) is 6.61 Å². The van der Waals surface area contributed by atoms with Gasteiger partial charge in [-0.1, -0.05) is 0 Å². The van der Waals surface area contributed by atoms with Gasteiger partial charge in [-0.2, -0.15) is 0 Å². The van der Waals surface area contributed by atoms with Crippen molar-refractivity contribution >= 4 is 0 Å². The summed E-state index contributed by atoms with van der Waals surface area (Å²) in [5, 5.41) is 8.65. The fourth-order valence-electron chi connectivity index (χ4n) is 1.19. The van der Waals surface area contributed by atoms with Gasteiger partial charge in [-0.25, -0.2) is 0 Å². The highest BCUT2D eigenvalue weighted by molar-refractivity contribution is 4.83. The molecule has 2 saturated heterocycles. The second kappa shape index (κ2) is 1.94. The first-order chi connectivity index (χ1) is 4.40. The molecule has 0 amide bonds. The van der Waals surface area contributed by atoms with Crippen molar-refractivity contribution in [2.24, 2.45) is 0 Å². The topological polar surface area (TPSA) is 42.0 Å². The normalized spacial score (nSPS) is 48.3. The first-order valence-corrected chi connectivity index (χ1v) is 3.32. The second-order valence-electron chi connectivity index (χ2n) is 2.56. The Morgan fingerprint density at radius 2 is 2.22 bits per heavy atom. The highest BCUT2D eigenvalue weighted by Gasteiger charge is 2.45. The van der Waals surface area contributed by atoms with Crippen molar-refractivity contribution in [1.29, 1.82) is 0 Å². The molecule has 2 aliphatic rings. The Morgan fingerprint density at radius 1 is 1.33 bits per heavy atom. The van der Waals surface area contributed by atoms with Gasteiger partial charge in [0.1, 0.15) is 6.10 Å². The van der Waals surface area contributed by atoms with E-state index in [1.54, 1.807) is 0 Å². The molecule has 2 rings (SSSR count). The molecule has 2 aliphatic heterocycles. The summed E-state index contributed by atoms with van der Waals surface area (Å²) in [4.78, 5) is 0. The molecule has 2 heterocycles. The summed E-state index contributed by atoms with van der Waals surface area (Å²) in [5.74, 6) is 0. The number of aliphatic hydroxyl groups is 1. The quantitative estimate of drug-likeness (QED) is 0.503. The Bertz CT molecular complexity index is 115. The summed E-state index contributed by atoms with van der Waals surface area (Å²) in [5.41, 5.74) is 0. The molecular formula is C6H10O3. The zero-order valence-corrected chi connectivity index (χ0v) is 5.12. The molecule has 3 heteroatoms. The van der Waals surface area contributed by atoms with Gasteiger partial charge in [0.2, 0.25) is 0 Å². The van der Waals surface area contributed by atoms with Gasteiger partial charge in [-0.3, -0.25) is 0 Å². The molecule has 1 N–H and O–H groups in total. The van der Waals surface area contributed by atoms with Crippen LogP contribution in [0.1, 0.15) is 12.8 Å². The van der Waals surface area contributed by atoms with Gasteiger partial charge < -0.3 is 14.6 Å². The van der Waals surface area contributed by atoms with Crippen LogP contribution in [0, 0.1) is 0 Å². The van der Waals surface area contributed by atoms with Crippen LogP contribution in [0.5, 0.6) is 0 Å². The highest BCUT2D eigenvalue weighted by Crippen LogP contribution is 2.34. The zero-order chi connectivity index (χ0) is 6.27. The Hall–Kier alpha value is -0.120. The molecule has 2 fully saturated rings. The molecule has 0 aromatic rings. The summed E-state index contributed by atoms with van der Waals surface area (Å²) in [6.45, 7) is 0.132. The van der Waals surface area contributed by atoms with E-state index in [4.69, 9.17) is 14.6 Å². The Morgan fingerprint density at radius 3 is 2.89 bits per heavy atom. The van der Waals surface area contributed by atoms with Gasteiger partial charge in [0, 0.05) is 0 Å². The summed E-state index contributed by atoms with van der Waals surface area (Å²) in [6, 6.07) is 0. The van der Waals surface area contributed by atoms with Gasteiger partial charge >= 0.3 is 0 Å². The minimum Gasteiger partial charge on any atom is -0.394 e. The lowest BCUT2D eigenvalue weighted by atomic mass is 10.1. The lowest BCUT2D eigenvalue weighted by molar-refractivity contribution is -0.0466. The maximum Gasteiger partial charge on any atom is 0.184 e. The largest absolute Gasteiger partial charge is 0.394 e. The Labute approximate surface area is 53.6 Å². The van der Waals surface area contributed by atoms with Crippen molar-refractivity contribution < 1.29 is 14.6 Å². The molecule has 0 aromatic carbocycles. The number of epoxide rings is 1. The third-order valence-electron chi connectivity index (χ3n) is 1.84. The second-order valence-corrected chi connectivity index (χ2v) is 2.56. The molecule has 3 unspecified atom stereocenters. The third kappa shape index (κ3) is 0.956. The van der Waals surface area contributed by atoms with E-state index >= 15 is 0 Å². The van der Waals surface area contributed by atoms with Crippen LogP contribution in [-0.2, 0) is 9.47 Å². The van der Waals surface area contributed by atoms with Gasteiger partial charge in [-0.15, -0.1) is 0 Å². The lowest BCUT2D eigenvalue weighted by Gasteiger charge is -2.16. The van der Waals surface area contributed by atoms with Crippen molar-refractivity contribution in [3.63, 3.8) is 0 Å². The number of hydrogen-bond donors (Lipinski definition) is 1. The SMILES string of the molecule is OCC1CCC2OC2O1. The molecule has 0 saturated carbocycles. The Kier molecular flexibility index (Phi) is 1.22. The van der Waals surface area contributed by atoms with E-state index in [0.717, 1.165) is 12.8 Å². The molecular weight excluding hydrogens is 120 g/mol. The number of fused-ring (bicyclic) bond motifs is 1. The molecule has 0 aromatic heterocycles. The lowest BCUT2D eigenvalue weighted by Crippen LogP contribution is -2.24. The van der Waals surface area contributed by atoms with E-state index in [1.807, 2.05) is 0 Å². The van der Waals surface area contributed by atoms with Crippen LogP contribution >= 0.6 is 0 Å². The van der Waals surface area contributed by atoms with Crippen LogP contribution in [0.3, 0.4) is 0 Å². The molecule has 0 bridgehead atoms. The molecule has 0 radical (unpaired) electrons. The van der Waals surface area contributed by atoms with Crippen molar-refractivity contribution in [3.05, 3.63) is 0 Å². The summed E-state index contributed by atoms with van der Waals surface area (Å²) >= 11 is 0. The number of aliphatic hydroxyl groups excluding tert-OH is 1. The minimum atomic E-state index is 0.0240. The van der Waals surface area contributed by atoms with E-state index in [9.17, 15) is 0 Å². The van der Waals surface area contributed by atoms with Gasteiger partial charge in [-0.05, 0) is 12.8 Å². The molecule has 3 atom stereocenters. The van der Waals surface area contributed by atoms with Crippen molar-refractivity contribution in [1.82, 2.24) is 0 Å². The molecule has 9 heavy (non-hydrogen) atoms. The fraction of sp³-hybridized carbons (Fsp3) is 1.00. The van der Waals surface area contributed by atoms with E-state index in [0.29, 0.717) is 6.10 Å². The van der Waals surface area contributed by atoms with Crippen molar-refractivity contribution in [3.8, 4) is 0 Å². The van der Waals surface area contributed by atoms with Crippen LogP contribution in [0.2, 0.25) is 0 Å². The van der Waals surface area contributed by atoms with E-state index in [-0.39, 0.29) is 19.0 Å². The van der Waals surface area contributed by atoms with E-state index < -0.39 is 0 Å². The van der Waals surface area contributed by atoms with Gasteiger partial charge in [0.25, 0.3) is 0 Å². The average Bonchev–Trinajstić information content (AvgIpc) is 2.64. The standard InChI is InChI=1S/C6H10O3/c7-3-4-1-2-5-6(8-4)9-5/h4-7H,1-3H2. The zero-order valence-electron chi connectivity index (χ0n) is 5.12. The molecule has 3 nitrogen and oxygen atoms in total. The van der Waals surface area contributed by atoms with E-state index in [2.05, 4.69) is 0 Å². The number of rotatable bonds is 1. The van der Waals surface area contributed by atoms with Crippen molar-refractivity contribution in [2.45, 2.75) is 31.3 Å². The third-order valence-corrected chi connectivity index (χ3v) is 1.84. The maximum absolute atomic E-state index is 8.65. The van der Waals surface area contributed by atoms with Crippen LogP contribution in [0.15, 0.2) is 0 Å². The monoisotopic (exact) mass is 130 g/mol. The van der Waals surface area contributed by atoms with Crippen LogP contribution in [-0.4, -0.2) is 30.2 Å². The van der Waals surface area contributed by atoms with Gasteiger partial charge in [0.05, 0.1) is 12.7 Å². The number of hydrogen-bond acceptors (Lipinski definition) is 3.